The maximum Gasteiger partial charge on any atom is 0.398 e. The molecule has 194 valence electrons. The number of halogens is 4. The summed E-state index contributed by atoms with van der Waals surface area (Å²) in [6.07, 6.45) is -0.635. The molecule has 0 aliphatic heterocycles. The number of fused-ring (bicyclic) bond motifs is 1. The molecule has 10 heteroatoms. The number of rotatable bonds is 7. The van der Waals surface area contributed by atoms with Crippen LogP contribution >= 0.6 is 11.6 Å². The summed E-state index contributed by atoms with van der Waals surface area (Å²) in [5, 5.41) is 10.4. The van der Waals surface area contributed by atoms with Gasteiger partial charge in [0.15, 0.2) is 0 Å². The van der Waals surface area contributed by atoms with E-state index in [4.69, 9.17) is 21.4 Å². The normalized spacial score (nSPS) is 14.1. The van der Waals surface area contributed by atoms with Crippen LogP contribution in [-0.2, 0) is 6.42 Å². The molecule has 0 spiro atoms. The summed E-state index contributed by atoms with van der Waals surface area (Å²) in [7, 11) is 1.00. The Labute approximate surface area is 212 Å². The molecule has 1 amide bonds. The van der Waals surface area contributed by atoms with Gasteiger partial charge in [0.2, 0.25) is 0 Å². The maximum absolute atomic E-state index is 14.0. The van der Waals surface area contributed by atoms with Crippen molar-refractivity contribution in [3.8, 4) is 5.75 Å². The van der Waals surface area contributed by atoms with Crippen LogP contribution in [0.1, 0.15) is 58.6 Å². The van der Waals surface area contributed by atoms with Gasteiger partial charge in [-0.2, -0.15) is 13.2 Å². The van der Waals surface area contributed by atoms with E-state index in [9.17, 15) is 18.0 Å². The van der Waals surface area contributed by atoms with Crippen LogP contribution in [0.3, 0.4) is 0 Å². The van der Waals surface area contributed by atoms with Crippen molar-refractivity contribution in [2.24, 2.45) is 0 Å². The van der Waals surface area contributed by atoms with Gasteiger partial charge in [-0.05, 0) is 68.5 Å². The Morgan fingerprint density at radius 3 is 2.53 bits per heavy atom. The maximum atomic E-state index is 14.0. The number of benzene rings is 1. The van der Waals surface area contributed by atoms with Gasteiger partial charge in [0, 0.05) is 36.5 Å². The Kier molecular flexibility index (Phi) is 8.79. The van der Waals surface area contributed by atoms with Crippen molar-refractivity contribution in [3.63, 3.8) is 0 Å². The topological polar surface area (TPSA) is 84.3 Å². The van der Waals surface area contributed by atoms with Crippen molar-refractivity contribution in [3.05, 3.63) is 63.6 Å². The first-order valence-corrected chi connectivity index (χ1v) is 12.0. The summed E-state index contributed by atoms with van der Waals surface area (Å²) >= 11 is 6.05. The van der Waals surface area contributed by atoms with Crippen LogP contribution in [0.4, 0.5) is 13.2 Å². The summed E-state index contributed by atoms with van der Waals surface area (Å²) in [5.41, 5.74) is 2.87. The first-order chi connectivity index (χ1) is 17.1. The van der Waals surface area contributed by atoms with E-state index < -0.39 is 24.5 Å². The van der Waals surface area contributed by atoms with Gasteiger partial charge in [0.1, 0.15) is 17.2 Å². The van der Waals surface area contributed by atoms with Gasteiger partial charge in [0.25, 0.3) is 5.91 Å². The Morgan fingerprint density at radius 1 is 1.22 bits per heavy atom. The molecule has 1 aromatic carbocycles. The third-order valence-corrected chi connectivity index (χ3v) is 6.24. The summed E-state index contributed by atoms with van der Waals surface area (Å²) in [6, 6.07) is 6.19. The molecule has 0 radical (unpaired) electrons. The number of amides is 1. The van der Waals surface area contributed by atoms with Crippen molar-refractivity contribution in [1.29, 1.82) is 0 Å². The zero-order chi connectivity index (χ0) is 26.6. The lowest BCUT2D eigenvalue weighted by Gasteiger charge is -2.22. The Bertz CT molecular complexity index is 1250. The number of aliphatic hydroxyl groups excluding tert-OH is 1. The van der Waals surface area contributed by atoms with Crippen molar-refractivity contribution in [2.45, 2.75) is 58.2 Å². The second kappa shape index (κ2) is 11.4. The van der Waals surface area contributed by atoms with E-state index in [2.05, 4.69) is 15.3 Å². The molecule has 1 fully saturated rings. The highest BCUT2D eigenvalue weighted by atomic mass is 35.5. The Morgan fingerprint density at radius 2 is 1.92 bits per heavy atom. The van der Waals surface area contributed by atoms with Crippen LogP contribution in [0, 0.1) is 13.8 Å². The molecule has 1 saturated carbocycles. The number of pyridine rings is 2. The predicted molar refractivity (Wildman–Crippen MR) is 133 cm³/mol. The fraction of sp³-hybridized carbons (Fsp3) is 0.423. The van der Waals surface area contributed by atoms with Crippen molar-refractivity contribution in [1.82, 2.24) is 15.3 Å². The van der Waals surface area contributed by atoms with E-state index in [1.54, 1.807) is 19.1 Å². The fourth-order valence-electron chi connectivity index (χ4n) is 3.84. The van der Waals surface area contributed by atoms with Gasteiger partial charge in [-0.1, -0.05) is 18.5 Å². The minimum Gasteiger partial charge on any atom is -0.488 e. The molecular formula is C26H29ClF3N3O3. The third kappa shape index (κ3) is 6.44. The predicted octanol–water partition coefficient (Wildman–Crippen LogP) is 5.69. The molecule has 0 saturated heterocycles. The zero-order valence-electron chi connectivity index (χ0n) is 20.5. The molecule has 6 nitrogen and oxygen atoms in total. The van der Waals surface area contributed by atoms with E-state index in [0.717, 1.165) is 31.1 Å². The number of alkyl halides is 3. The van der Waals surface area contributed by atoms with Crippen LogP contribution in [0.5, 0.6) is 5.75 Å². The number of ether oxygens (including phenoxy) is 1. The van der Waals surface area contributed by atoms with E-state index in [1.165, 1.54) is 18.3 Å². The van der Waals surface area contributed by atoms with Gasteiger partial charge >= 0.3 is 6.18 Å². The SMILES string of the molecule is CCc1cc(C(CNC(=O)c2cc(OC3CC3)c3ncc(Cl)cc3c2)C(F)(F)F)nc(C)c1C.CO. The monoisotopic (exact) mass is 523 g/mol. The first kappa shape index (κ1) is 27.7. The number of hydrogen-bond donors (Lipinski definition) is 2. The Balaban J connectivity index is 0.00000176. The third-order valence-electron chi connectivity index (χ3n) is 6.04. The van der Waals surface area contributed by atoms with E-state index in [1.807, 2.05) is 13.8 Å². The van der Waals surface area contributed by atoms with Crippen LogP contribution in [0.2, 0.25) is 5.02 Å². The number of carbonyl (C=O) groups excluding carboxylic acids is 1. The highest BCUT2D eigenvalue weighted by Crippen LogP contribution is 2.36. The molecule has 1 unspecified atom stereocenters. The smallest absolute Gasteiger partial charge is 0.398 e. The number of carbonyl (C=O) groups is 1. The van der Waals surface area contributed by atoms with E-state index in [0.29, 0.717) is 33.8 Å². The van der Waals surface area contributed by atoms with E-state index >= 15 is 0 Å². The molecule has 1 aliphatic rings. The van der Waals surface area contributed by atoms with Gasteiger partial charge in [-0.3, -0.25) is 14.8 Å². The van der Waals surface area contributed by atoms with Crippen molar-refractivity contribution in [2.75, 3.05) is 13.7 Å². The second-order valence-corrected chi connectivity index (χ2v) is 9.03. The zero-order valence-corrected chi connectivity index (χ0v) is 21.3. The molecule has 3 aromatic rings. The van der Waals surface area contributed by atoms with Gasteiger partial charge in [-0.15, -0.1) is 0 Å². The van der Waals surface area contributed by atoms with Gasteiger partial charge < -0.3 is 15.2 Å². The van der Waals surface area contributed by atoms with Crippen LogP contribution in [-0.4, -0.2) is 46.9 Å². The Hall–Kier alpha value is -2.91. The fourth-order valence-corrected chi connectivity index (χ4v) is 4.00. The molecule has 4 rings (SSSR count). The van der Waals surface area contributed by atoms with Crippen LogP contribution in [0.15, 0.2) is 30.5 Å². The second-order valence-electron chi connectivity index (χ2n) is 8.59. The lowest BCUT2D eigenvalue weighted by atomic mass is 9.97. The van der Waals surface area contributed by atoms with Crippen LogP contribution < -0.4 is 10.1 Å². The molecular weight excluding hydrogens is 495 g/mol. The quantitative estimate of drug-likeness (QED) is 0.416. The lowest BCUT2D eigenvalue weighted by molar-refractivity contribution is -0.149. The van der Waals surface area contributed by atoms with Gasteiger partial charge in [0.05, 0.1) is 16.8 Å². The number of nitrogens with zero attached hydrogens (tertiary/aromatic N) is 2. The summed E-state index contributed by atoms with van der Waals surface area (Å²) in [5.74, 6) is -2.16. The summed E-state index contributed by atoms with van der Waals surface area (Å²) < 4.78 is 47.8. The minimum atomic E-state index is -4.58. The number of aryl methyl sites for hydroxylation is 2. The van der Waals surface area contributed by atoms with Crippen molar-refractivity contribution >= 4 is 28.4 Å². The number of nitrogens with one attached hydrogen (secondary N) is 1. The molecule has 1 aliphatic carbocycles. The largest absolute Gasteiger partial charge is 0.488 e. The van der Waals surface area contributed by atoms with Gasteiger partial charge in [-0.25, -0.2) is 0 Å². The molecule has 0 bridgehead atoms. The number of hydrogen-bond acceptors (Lipinski definition) is 5. The highest BCUT2D eigenvalue weighted by molar-refractivity contribution is 6.31. The van der Waals surface area contributed by atoms with Crippen LogP contribution in [0.25, 0.3) is 10.9 Å². The average Bonchev–Trinajstić information content (AvgIpc) is 3.65. The first-order valence-electron chi connectivity index (χ1n) is 11.6. The van der Waals surface area contributed by atoms with E-state index in [-0.39, 0.29) is 17.4 Å². The molecule has 2 aromatic heterocycles. The molecule has 1 atom stereocenters. The standard InChI is InChI=1S/C25H25ClF3N3O2.CH4O/c1-4-15-9-21(32-14(3)13(15)2)20(25(27,28)29)12-31-24(33)17-7-16-8-18(26)11-30-23(16)22(10-17)34-19-5-6-19;1-2/h7-11,19-20H,4-6,12H2,1-3H3,(H,31,33);2H,1H3. The molecule has 2 N–H and O–H groups in total. The minimum absolute atomic E-state index is 0.0530. The molecule has 2 heterocycles. The lowest BCUT2D eigenvalue weighted by Crippen LogP contribution is -2.35. The summed E-state index contributed by atoms with van der Waals surface area (Å²) in [6.45, 7) is 4.79. The highest BCUT2D eigenvalue weighted by Gasteiger charge is 2.42. The van der Waals surface area contributed by atoms with Crippen molar-refractivity contribution < 1.29 is 27.8 Å². The number of aromatic nitrogens is 2. The molecule has 36 heavy (non-hydrogen) atoms. The summed E-state index contributed by atoms with van der Waals surface area (Å²) in [4.78, 5) is 21.4. The number of aliphatic hydroxyl groups is 1. The average molecular weight is 524 g/mol.